The number of nitrogens with zero attached hydrogens (tertiary/aromatic N) is 1. The molecule has 0 fully saturated rings. The average Bonchev–Trinajstić information content (AvgIpc) is 2.69. The van der Waals surface area contributed by atoms with Crippen LogP contribution in [-0.2, 0) is 13.2 Å². The Balaban J connectivity index is 1.63. The van der Waals surface area contributed by atoms with Gasteiger partial charge in [-0.25, -0.2) is 9.82 Å². The van der Waals surface area contributed by atoms with Crippen molar-refractivity contribution in [1.29, 1.82) is 0 Å². The molecule has 3 rings (SSSR count). The molecule has 0 atom stereocenters. The Morgan fingerprint density at radius 2 is 1.67 bits per heavy atom. The van der Waals surface area contributed by atoms with Gasteiger partial charge in [-0.05, 0) is 41.5 Å². The molecule has 0 aromatic heterocycles. The van der Waals surface area contributed by atoms with Gasteiger partial charge in [-0.2, -0.15) is 0 Å². The van der Waals surface area contributed by atoms with Crippen LogP contribution in [-0.4, -0.2) is 4.92 Å². The summed E-state index contributed by atoms with van der Waals surface area (Å²) in [6.45, 7) is 0.516. The molecular formula is C20H18FN3O3. The van der Waals surface area contributed by atoms with Gasteiger partial charge < -0.3 is 10.2 Å². The molecule has 27 heavy (non-hydrogen) atoms. The summed E-state index contributed by atoms with van der Waals surface area (Å²) in [4.78, 5) is 10.9. The minimum Gasteiger partial charge on any atom is -0.482 e. The van der Waals surface area contributed by atoms with Crippen LogP contribution in [0.5, 0.6) is 5.75 Å². The highest BCUT2D eigenvalue weighted by Crippen LogP contribution is 2.28. The molecule has 0 saturated carbocycles. The van der Waals surface area contributed by atoms with Crippen molar-refractivity contribution in [1.82, 2.24) is 5.43 Å². The monoisotopic (exact) mass is 367 g/mol. The van der Waals surface area contributed by atoms with Gasteiger partial charge in [0.05, 0.1) is 4.92 Å². The summed E-state index contributed by atoms with van der Waals surface area (Å²) in [5.74, 6) is -0.171. The second-order valence-corrected chi connectivity index (χ2v) is 5.82. The second kappa shape index (κ2) is 8.77. The number of nitro benzene ring substituents is 1. The van der Waals surface area contributed by atoms with Crippen molar-refractivity contribution in [3.63, 3.8) is 0 Å². The zero-order chi connectivity index (χ0) is 19.1. The number of para-hydroxylation sites is 1. The molecule has 3 aromatic rings. The minimum atomic E-state index is -0.478. The highest BCUT2D eigenvalue weighted by Gasteiger charge is 2.16. The summed E-state index contributed by atoms with van der Waals surface area (Å²) in [5, 5.41) is 11.4. The number of halogens is 1. The average molecular weight is 367 g/mol. The van der Waals surface area contributed by atoms with Gasteiger partial charge in [-0.3, -0.25) is 10.1 Å². The van der Waals surface area contributed by atoms with Crippen LogP contribution < -0.4 is 15.6 Å². The third-order valence-corrected chi connectivity index (χ3v) is 3.83. The number of nitrogens with one attached hydrogen (secondary N) is 2. The van der Waals surface area contributed by atoms with Gasteiger partial charge in [0.25, 0.3) is 0 Å². The normalized spacial score (nSPS) is 10.4. The van der Waals surface area contributed by atoms with Gasteiger partial charge in [-0.15, -0.1) is 0 Å². The summed E-state index contributed by atoms with van der Waals surface area (Å²) in [6, 6.07) is 20.1. The van der Waals surface area contributed by atoms with Crippen molar-refractivity contribution in [3.05, 3.63) is 99.9 Å². The third-order valence-electron chi connectivity index (χ3n) is 3.83. The van der Waals surface area contributed by atoms with Crippen LogP contribution in [0, 0.1) is 15.9 Å². The van der Waals surface area contributed by atoms with Gasteiger partial charge >= 0.3 is 5.69 Å². The van der Waals surface area contributed by atoms with E-state index in [0.717, 1.165) is 16.8 Å². The fraction of sp³-hybridized carbons (Fsp3) is 0.100. The molecule has 0 radical (unpaired) electrons. The van der Waals surface area contributed by atoms with E-state index in [1.54, 1.807) is 24.3 Å². The number of benzene rings is 3. The first kappa shape index (κ1) is 18.3. The molecule has 0 amide bonds. The summed E-state index contributed by atoms with van der Waals surface area (Å²) < 4.78 is 18.5. The zero-order valence-corrected chi connectivity index (χ0v) is 14.4. The lowest BCUT2D eigenvalue weighted by Gasteiger charge is -2.10. The van der Waals surface area contributed by atoms with E-state index in [1.807, 2.05) is 30.3 Å². The fourth-order valence-corrected chi connectivity index (χ4v) is 2.45. The van der Waals surface area contributed by atoms with E-state index in [0.29, 0.717) is 6.54 Å². The lowest BCUT2D eigenvalue weighted by molar-refractivity contribution is -0.386. The maximum Gasteiger partial charge on any atom is 0.311 e. The highest BCUT2D eigenvalue weighted by molar-refractivity contribution is 5.49. The van der Waals surface area contributed by atoms with E-state index < -0.39 is 4.92 Å². The summed E-state index contributed by atoms with van der Waals surface area (Å²) in [7, 11) is 0. The van der Waals surface area contributed by atoms with Crippen LogP contribution in [0.2, 0.25) is 0 Å². The van der Waals surface area contributed by atoms with E-state index in [2.05, 4.69) is 10.9 Å². The Morgan fingerprint density at radius 1 is 0.963 bits per heavy atom. The first-order chi connectivity index (χ1) is 13.1. The van der Waals surface area contributed by atoms with Crippen LogP contribution >= 0.6 is 0 Å². The molecule has 0 aliphatic heterocycles. The van der Waals surface area contributed by atoms with Gasteiger partial charge in [0, 0.05) is 18.3 Å². The van der Waals surface area contributed by atoms with Crippen LogP contribution in [0.25, 0.3) is 0 Å². The van der Waals surface area contributed by atoms with Gasteiger partial charge in [0.15, 0.2) is 5.75 Å². The first-order valence-electron chi connectivity index (χ1n) is 8.30. The standard InChI is InChI=1S/C20H18FN3O3/c21-17-9-6-15(7-10-17)14-27-20-11-8-16(12-19(20)24(25)26)13-22-23-18-4-2-1-3-5-18/h1-12,22-23H,13-14H2. The maximum absolute atomic E-state index is 12.9. The number of anilines is 1. The molecular weight excluding hydrogens is 349 g/mol. The van der Waals surface area contributed by atoms with Crippen LogP contribution in [0.1, 0.15) is 11.1 Å². The van der Waals surface area contributed by atoms with E-state index >= 15 is 0 Å². The molecule has 0 spiro atoms. The van der Waals surface area contributed by atoms with E-state index in [1.165, 1.54) is 18.2 Å². The Hall–Kier alpha value is -3.45. The van der Waals surface area contributed by atoms with E-state index in [9.17, 15) is 14.5 Å². The number of ether oxygens (including phenoxy) is 1. The summed E-state index contributed by atoms with van der Waals surface area (Å²) >= 11 is 0. The third kappa shape index (κ3) is 5.26. The van der Waals surface area contributed by atoms with Gasteiger partial charge in [0.1, 0.15) is 12.4 Å². The van der Waals surface area contributed by atoms with Gasteiger partial charge in [0.2, 0.25) is 0 Å². The maximum atomic E-state index is 12.9. The molecule has 0 aliphatic carbocycles. The molecule has 2 N–H and O–H groups in total. The molecule has 3 aromatic carbocycles. The molecule has 138 valence electrons. The lowest BCUT2D eigenvalue weighted by atomic mass is 10.2. The fourth-order valence-electron chi connectivity index (χ4n) is 2.45. The van der Waals surface area contributed by atoms with Crippen molar-refractivity contribution < 1.29 is 14.1 Å². The molecule has 0 bridgehead atoms. The molecule has 7 heteroatoms. The van der Waals surface area contributed by atoms with E-state index in [4.69, 9.17) is 4.74 Å². The predicted molar refractivity (Wildman–Crippen MR) is 101 cm³/mol. The van der Waals surface area contributed by atoms with Crippen molar-refractivity contribution in [2.75, 3.05) is 5.43 Å². The van der Waals surface area contributed by atoms with Crippen molar-refractivity contribution in [2.24, 2.45) is 0 Å². The lowest BCUT2D eigenvalue weighted by Crippen LogP contribution is -2.20. The van der Waals surface area contributed by atoms with Gasteiger partial charge in [-0.1, -0.05) is 36.4 Å². The number of rotatable bonds is 8. The van der Waals surface area contributed by atoms with Crippen molar-refractivity contribution in [2.45, 2.75) is 13.2 Å². The van der Waals surface area contributed by atoms with E-state index in [-0.39, 0.29) is 23.9 Å². The number of hydrogen-bond donors (Lipinski definition) is 2. The Labute approximate surface area is 155 Å². The topological polar surface area (TPSA) is 76.4 Å². The SMILES string of the molecule is O=[N+]([O-])c1cc(CNNc2ccccc2)ccc1OCc1ccc(F)cc1. The van der Waals surface area contributed by atoms with Crippen molar-refractivity contribution in [3.8, 4) is 5.75 Å². The van der Waals surface area contributed by atoms with Crippen LogP contribution in [0.3, 0.4) is 0 Å². The second-order valence-electron chi connectivity index (χ2n) is 5.82. The summed E-state index contributed by atoms with van der Waals surface area (Å²) in [6.07, 6.45) is 0. The molecule has 0 unspecified atom stereocenters. The summed E-state index contributed by atoms with van der Waals surface area (Å²) in [5.41, 5.74) is 8.28. The number of nitro groups is 1. The van der Waals surface area contributed by atoms with Crippen LogP contribution in [0.15, 0.2) is 72.8 Å². The largest absolute Gasteiger partial charge is 0.482 e. The van der Waals surface area contributed by atoms with Crippen LogP contribution in [0.4, 0.5) is 15.8 Å². The molecule has 0 heterocycles. The Morgan fingerprint density at radius 3 is 2.37 bits per heavy atom. The minimum absolute atomic E-state index is 0.115. The molecule has 6 nitrogen and oxygen atoms in total. The quantitative estimate of drug-likeness (QED) is 0.455. The Kier molecular flexibility index (Phi) is 5.96. The predicted octanol–water partition coefficient (Wildman–Crippen LogP) is 4.43. The smallest absolute Gasteiger partial charge is 0.311 e. The first-order valence-corrected chi connectivity index (χ1v) is 8.30. The van der Waals surface area contributed by atoms with Crippen molar-refractivity contribution >= 4 is 11.4 Å². The highest BCUT2D eigenvalue weighted by atomic mass is 19.1. The molecule has 0 aliphatic rings. The zero-order valence-electron chi connectivity index (χ0n) is 14.4. The molecule has 0 saturated heterocycles. The number of hydrogen-bond acceptors (Lipinski definition) is 5. The number of hydrazine groups is 1. The Bertz CT molecular complexity index is 902.